The van der Waals surface area contributed by atoms with Gasteiger partial charge >= 0.3 is 0 Å². The molecule has 6 nitrogen and oxygen atoms in total. The van der Waals surface area contributed by atoms with Crippen LogP contribution in [0, 0.1) is 12.7 Å². The van der Waals surface area contributed by atoms with Crippen molar-refractivity contribution in [2.45, 2.75) is 63.2 Å². The Labute approximate surface area is 320 Å². The standard InChI is InChI=1S/C46H45FO6S/c1-32-17-18-37(25-38(32)26-40-23-24-41(54-40)36-19-21-39(47)22-20-36)42-43(50-27-33-11-5-2-6-12-33)44(51-28-34-13-7-3-8-14-34)45(46(30-48,31-49)53-42)52-29-35-15-9-4-10-16-35/h2-25,42-45,48-49H,26-31H2,1H3/t42?,43?,44-,45+/m1/s1. The number of rotatable bonds is 15. The Balaban J connectivity index is 1.26. The third-order valence-electron chi connectivity index (χ3n) is 10.0. The number of ether oxygens (including phenoxy) is 4. The van der Waals surface area contributed by atoms with Gasteiger partial charge in [-0.15, -0.1) is 11.3 Å². The van der Waals surface area contributed by atoms with Crippen LogP contribution in [-0.2, 0) is 45.2 Å². The number of aliphatic hydroxyl groups excluding tert-OH is 2. The van der Waals surface area contributed by atoms with Gasteiger partial charge in [0.2, 0.25) is 0 Å². The van der Waals surface area contributed by atoms with Crippen LogP contribution in [-0.4, -0.2) is 47.3 Å². The van der Waals surface area contributed by atoms with E-state index in [0.29, 0.717) is 6.42 Å². The molecule has 1 fully saturated rings. The molecule has 0 aliphatic carbocycles. The van der Waals surface area contributed by atoms with Crippen molar-refractivity contribution >= 4 is 11.3 Å². The zero-order valence-electron chi connectivity index (χ0n) is 30.2. The van der Waals surface area contributed by atoms with Crippen molar-refractivity contribution in [1.29, 1.82) is 0 Å². The molecule has 5 aromatic carbocycles. The second-order valence-corrected chi connectivity index (χ2v) is 15.0. The van der Waals surface area contributed by atoms with E-state index in [-0.39, 0.29) is 25.6 Å². The summed E-state index contributed by atoms with van der Waals surface area (Å²) in [6, 6.07) is 46.6. The van der Waals surface area contributed by atoms with Crippen LogP contribution in [0.2, 0.25) is 0 Å². The van der Waals surface area contributed by atoms with E-state index in [1.165, 1.54) is 12.1 Å². The zero-order valence-corrected chi connectivity index (χ0v) is 31.0. The van der Waals surface area contributed by atoms with E-state index in [2.05, 4.69) is 31.2 Å². The van der Waals surface area contributed by atoms with Crippen LogP contribution in [0.15, 0.2) is 146 Å². The predicted octanol–water partition coefficient (Wildman–Crippen LogP) is 9.00. The molecule has 1 aliphatic heterocycles. The van der Waals surface area contributed by atoms with Gasteiger partial charge < -0.3 is 29.2 Å². The molecule has 8 heteroatoms. The first kappa shape index (κ1) is 37.8. The van der Waals surface area contributed by atoms with Gasteiger partial charge in [-0.3, -0.25) is 0 Å². The number of hydrogen-bond acceptors (Lipinski definition) is 7. The normalized spacial score (nSPS) is 19.5. The maximum Gasteiger partial charge on any atom is 0.144 e. The fourth-order valence-electron chi connectivity index (χ4n) is 6.99. The van der Waals surface area contributed by atoms with Crippen LogP contribution in [0.25, 0.3) is 10.4 Å². The molecule has 0 bridgehead atoms. The average Bonchev–Trinajstić information content (AvgIpc) is 3.69. The van der Waals surface area contributed by atoms with E-state index in [1.54, 1.807) is 23.5 Å². The Morgan fingerprint density at radius 1 is 0.648 bits per heavy atom. The van der Waals surface area contributed by atoms with Gasteiger partial charge in [0.1, 0.15) is 35.8 Å². The lowest BCUT2D eigenvalue weighted by Crippen LogP contribution is -2.66. The van der Waals surface area contributed by atoms with Crippen molar-refractivity contribution < 1.29 is 33.6 Å². The molecule has 7 rings (SSSR count). The lowest BCUT2D eigenvalue weighted by molar-refractivity contribution is -0.318. The van der Waals surface area contributed by atoms with E-state index in [1.807, 2.05) is 97.1 Å². The van der Waals surface area contributed by atoms with E-state index >= 15 is 0 Å². The zero-order chi connectivity index (χ0) is 37.3. The quantitative estimate of drug-likeness (QED) is 0.109. The highest BCUT2D eigenvalue weighted by molar-refractivity contribution is 7.15. The highest BCUT2D eigenvalue weighted by Crippen LogP contribution is 2.44. The van der Waals surface area contributed by atoms with Crippen LogP contribution in [0.4, 0.5) is 4.39 Å². The highest BCUT2D eigenvalue weighted by Gasteiger charge is 2.57. The van der Waals surface area contributed by atoms with E-state index in [0.717, 1.165) is 48.7 Å². The molecule has 0 spiro atoms. The number of hydrogen-bond donors (Lipinski definition) is 2. The number of halogens is 1. The summed E-state index contributed by atoms with van der Waals surface area (Å²) in [5, 5.41) is 22.2. The third-order valence-corrected chi connectivity index (χ3v) is 11.2. The van der Waals surface area contributed by atoms with E-state index in [9.17, 15) is 14.6 Å². The third kappa shape index (κ3) is 8.88. The molecule has 2 heterocycles. The lowest BCUT2D eigenvalue weighted by Gasteiger charge is -2.52. The fourth-order valence-corrected chi connectivity index (χ4v) is 8.02. The number of thiophene rings is 1. The molecule has 278 valence electrons. The van der Waals surface area contributed by atoms with Crippen LogP contribution >= 0.6 is 11.3 Å². The molecule has 2 unspecified atom stereocenters. The maximum absolute atomic E-state index is 13.6. The summed E-state index contributed by atoms with van der Waals surface area (Å²) in [7, 11) is 0. The van der Waals surface area contributed by atoms with Gasteiger partial charge in [-0.1, -0.05) is 121 Å². The summed E-state index contributed by atoms with van der Waals surface area (Å²) in [5.41, 5.74) is 5.41. The molecule has 1 aromatic heterocycles. The number of aryl methyl sites for hydroxylation is 1. The molecule has 4 atom stereocenters. The molecular weight excluding hydrogens is 700 g/mol. The van der Waals surface area contributed by atoms with Crippen molar-refractivity contribution in [2.24, 2.45) is 0 Å². The maximum atomic E-state index is 13.6. The van der Waals surface area contributed by atoms with Gasteiger partial charge in [0, 0.05) is 16.2 Å². The lowest BCUT2D eigenvalue weighted by atomic mass is 9.82. The summed E-state index contributed by atoms with van der Waals surface area (Å²) in [5.74, 6) is -0.257. The Morgan fingerprint density at radius 3 is 1.78 bits per heavy atom. The van der Waals surface area contributed by atoms with Crippen LogP contribution < -0.4 is 0 Å². The first-order valence-electron chi connectivity index (χ1n) is 18.2. The Morgan fingerprint density at radius 2 is 1.20 bits per heavy atom. The first-order valence-corrected chi connectivity index (χ1v) is 19.1. The first-order chi connectivity index (χ1) is 26.4. The number of benzene rings is 5. The van der Waals surface area contributed by atoms with Crippen molar-refractivity contribution in [3.8, 4) is 10.4 Å². The molecule has 1 aliphatic rings. The van der Waals surface area contributed by atoms with Crippen molar-refractivity contribution in [2.75, 3.05) is 13.2 Å². The van der Waals surface area contributed by atoms with Crippen LogP contribution in [0.1, 0.15) is 44.4 Å². The Hall–Kier alpha value is -4.51. The minimum atomic E-state index is -1.52. The minimum Gasteiger partial charge on any atom is -0.393 e. The van der Waals surface area contributed by atoms with Crippen molar-refractivity contribution in [3.63, 3.8) is 0 Å². The summed E-state index contributed by atoms with van der Waals surface area (Å²) in [6.45, 7) is 1.84. The smallest absolute Gasteiger partial charge is 0.144 e. The van der Waals surface area contributed by atoms with Crippen LogP contribution in [0.5, 0.6) is 0 Å². The molecule has 1 saturated heterocycles. The van der Waals surface area contributed by atoms with Gasteiger partial charge in [0.05, 0.1) is 33.0 Å². The van der Waals surface area contributed by atoms with E-state index < -0.39 is 43.2 Å². The van der Waals surface area contributed by atoms with Crippen LogP contribution in [0.3, 0.4) is 0 Å². The molecule has 0 radical (unpaired) electrons. The largest absolute Gasteiger partial charge is 0.393 e. The molecular formula is C46H45FO6S. The fraction of sp³-hybridized carbons (Fsp3) is 0.261. The Kier molecular flexibility index (Phi) is 12.4. The predicted molar refractivity (Wildman–Crippen MR) is 209 cm³/mol. The van der Waals surface area contributed by atoms with E-state index in [4.69, 9.17) is 18.9 Å². The average molecular weight is 745 g/mol. The van der Waals surface area contributed by atoms with Gasteiger partial charge in [-0.2, -0.15) is 0 Å². The van der Waals surface area contributed by atoms with Gasteiger partial charge in [0.15, 0.2) is 0 Å². The monoisotopic (exact) mass is 744 g/mol. The summed E-state index contributed by atoms with van der Waals surface area (Å²) in [6.07, 6.45) is -2.40. The van der Waals surface area contributed by atoms with Crippen molar-refractivity contribution in [1.82, 2.24) is 0 Å². The van der Waals surface area contributed by atoms with Gasteiger partial charge in [-0.05, 0) is 70.1 Å². The molecule has 0 saturated carbocycles. The highest BCUT2D eigenvalue weighted by atomic mass is 32.1. The SMILES string of the molecule is Cc1ccc(C2OC(CO)(CO)[C@@H](OCc3ccccc3)[C@H](OCc3ccccc3)C2OCc2ccccc2)cc1Cc1ccc(-c2ccc(F)cc2)s1. The summed E-state index contributed by atoms with van der Waals surface area (Å²) < 4.78 is 40.8. The summed E-state index contributed by atoms with van der Waals surface area (Å²) >= 11 is 1.68. The van der Waals surface area contributed by atoms with Crippen molar-refractivity contribution in [3.05, 3.63) is 190 Å². The Bertz CT molecular complexity index is 2050. The second kappa shape index (κ2) is 17.8. The van der Waals surface area contributed by atoms with Gasteiger partial charge in [0.25, 0.3) is 0 Å². The molecule has 54 heavy (non-hydrogen) atoms. The number of aliphatic hydroxyl groups is 2. The summed E-state index contributed by atoms with van der Waals surface area (Å²) in [4.78, 5) is 2.23. The second-order valence-electron chi connectivity index (χ2n) is 13.8. The van der Waals surface area contributed by atoms with Gasteiger partial charge in [-0.25, -0.2) is 4.39 Å². The molecule has 2 N–H and O–H groups in total. The molecule has 0 amide bonds. The minimum absolute atomic E-state index is 0.216. The topological polar surface area (TPSA) is 77.4 Å². The molecule has 6 aromatic rings.